The Hall–Kier alpha value is -3.09. The molecular formula is C25H21ClN4OS. The van der Waals surface area contributed by atoms with Gasteiger partial charge in [0.05, 0.1) is 22.0 Å². The van der Waals surface area contributed by atoms with Crippen molar-refractivity contribution in [3.63, 3.8) is 0 Å². The predicted octanol–water partition coefficient (Wildman–Crippen LogP) is 6.49. The van der Waals surface area contributed by atoms with E-state index in [0.29, 0.717) is 11.6 Å². The molecule has 1 aromatic carbocycles. The number of pyridine rings is 2. The van der Waals surface area contributed by atoms with Gasteiger partial charge in [-0.05, 0) is 67.6 Å². The van der Waals surface area contributed by atoms with E-state index >= 15 is 0 Å². The minimum Gasteiger partial charge on any atom is -0.391 e. The molecule has 0 saturated heterocycles. The Labute approximate surface area is 195 Å². The molecule has 3 heterocycles. The standard InChI is InChI=1S/C25H21ClN4OS/c1-16-24(32-25(28-16)19-5-3-13-27-14-19)22-12-9-18-4-2-6-21(23(18)29-22)30-31-15-17-7-10-20(26)11-8-17/h3,5,7-14H,2,4,6,15H2,1H3. The number of aryl methyl sites for hydroxylation is 2. The zero-order valence-corrected chi connectivity index (χ0v) is 19.2. The highest BCUT2D eigenvalue weighted by Crippen LogP contribution is 2.35. The Balaban J connectivity index is 1.42. The van der Waals surface area contributed by atoms with Crippen LogP contribution >= 0.6 is 22.9 Å². The normalized spacial score (nSPS) is 14.4. The molecule has 5 rings (SSSR count). The van der Waals surface area contributed by atoms with Crippen molar-refractivity contribution in [2.45, 2.75) is 32.8 Å². The molecule has 7 heteroatoms. The van der Waals surface area contributed by atoms with Crippen LogP contribution in [-0.4, -0.2) is 20.7 Å². The molecule has 0 aliphatic heterocycles. The SMILES string of the molecule is Cc1nc(-c2cccnc2)sc1-c1ccc2c(n1)C(=NOCc1ccc(Cl)cc1)CCC2. The van der Waals surface area contributed by atoms with Gasteiger partial charge in [-0.25, -0.2) is 9.97 Å². The number of thiazole rings is 1. The fourth-order valence-corrected chi connectivity index (χ4v) is 4.88. The van der Waals surface area contributed by atoms with E-state index in [2.05, 4.69) is 22.3 Å². The molecule has 0 unspecified atom stereocenters. The largest absolute Gasteiger partial charge is 0.391 e. The van der Waals surface area contributed by atoms with Crippen LogP contribution in [0.25, 0.3) is 21.1 Å². The van der Waals surface area contributed by atoms with Crippen LogP contribution in [0, 0.1) is 6.92 Å². The molecule has 0 fully saturated rings. The molecule has 0 amide bonds. The van der Waals surface area contributed by atoms with Crippen molar-refractivity contribution in [1.82, 2.24) is 15.0 Å². The third kappa shape index (κ3) is 4.42. The molecule has 0 radical (unpaired) electrons. The number of hydrogen-bond acceptors (Lipinski definition) is 6. The second kappa shape index (κ2) is 9.18. The molecule has 1 aliphatic carbocycles. The van der Waals surface area contributed by atoms with Crippen LogP contribution < -0.4 is 0 Å². The van der Waals surface area contributed by atoms with Crippen LogP contribution in [0.4, 0.5) is 0 Å². The van der Waals surface area contributed by atoms with Crippen LogP contribution in [0.1, 0.15) is 35.4 Å². The van der Waals surface area contributed by atoms with Gasteiger partial charge in [0.25, 0.3) is 0 Å². The van der Waals surface area contributed by atoms with E-state index in [4.69, 9.17) is 26.4 Å². The topological polar surface area (TPSA) is 60.3 Å². The second-order valence-corrected chi connectivity index (χ2v) is 9.11. The van der Waals surface area contributed by atoms with Crippen molar-refractivity contribution in [3.8, 4) is 21.1 Å². The Bertz CT molecular complexity index is 1270. The maximum Gasteiger partial charge on any atom is 0.142 e. The first-order valence-electron chi connectivity index (χ1n) is 10.5. The minimum atomic E-state index is 0.401. The van der Waals surface area contributed by atoms with Crippen molar-refractivity contribution in [2.75, 3.05) is 0 Å². The zero-order chi connectivity index (χ0) is 21.9. The van der Waals surface area contributed by atoms with Gasteiger partial charge in [0.2, 0.25) is 0 Å². The fourth-order valence-electron chi connectivity index (χ4n) is 3.73. The summed E-state index contributed by atoms with van der Waals surface area (Å²) in [5.41, 5.74) is 6.97. The second-order valence-electron chi connectivity index (χ2n) is 7.67. The third-order valence-corrected chi connectivity index (χ3v) is 6.85. The average Bonchev–Trinajstić information content (AvgIpc) is 3.22. The number of halogens is 1. The lowest BCUT2D eigenvalue weighted by molar-refractivity contribution is 0.130. The van der Waals surface area contributed by atoms with Gasteiger partial charge < -0.3 is 4.84 Å². The summed E-state index contributed by atoms with van der Waals surface area (Å²) in [6.45, 7) is 2.43. The molecule has 0 saturated carbocycles. The van der Waals surface area contributed by atoms with Crippen molar-refractivity contribution in [3.05, 3.63) is 88.5 Å². The van der Waals surface area contributed by atoms with E-state index in [1.165, 1.54) is 5.56 Å². The number of hydrogen-bond donors (Lipinski definition) is 0. The van der Waals surface area contributed by atoms with Crippen molar-refractivity contribution in [2.24, 2.45) is 5.16 Å². The summed E-state index contributed by atoms with van der Waals surface area (Å²) in [6.07, 6.45) is 6.51. The number of fused-ring (bicyclic) bond motifs is 1. The maximum atomic E-state index is 5.95. The van der Waals surface area contributed by atoms with E-state index in [-0.39, 0.29) is 0 Å². The maximum absolute atomic E-state index is 5.95. The van der Waals surface area contributed by atoms with Crippen LogP contribution in [-0.2, 0) is 17.9 Å². The molecule has 0 bridgehead atoms. The van der Waals surface area contributed by atoms with Crippen molar-refractivity contribution >= 4 is 28.6 Å². The van der Waals surface area contributed by atoms with Crippen LogP contribution in [0.2, 0.25) is 5.02 Å². The highest BCUT2D eigenvalue weighted by molar-refractivity contribution is 7.18. The van der Waals surface area contributed by atoms with E-state index in [1.807, 2.05) is 49.5 Å². The van der Waals surface area contributed by atoms with E-state index in [1.54, 1.807) is 17.5 Å². The van der Waals surface area contributed by atoms with E-state index in [9.17, 15) is 0 Å². The smallest absolute Gasteiger partial charge is 0.142 e. The third-order valence-electron chi connectivity index (χ3n) is 5.37. The van der Waals surface area contributed by atoms with E-state index in [0.717, 1.165) is 63.1 Å². The van der Waals surface area contributed by atoms with Gasteiger partial charge in [-0.3, -0.25) is 4.98 Å². The van der Waals surface area contributed by atoms with Gasteiger partial charge in [-0.1, -0.05) is 35.0 Å². The summed E-state index contributed by atoms with van der Waals surface area (Å²) in [5.74, 6) is 0. The Morgan fingerprint density at radius 3 is 2.75 bits per heavy atom. The summed E-state index contributed by atoms with van der Waals surface area (Å²) in [7, 11) is 0. The van der Waals surface area contributed by atoms with Gasteiger partial charge in [0, 0.05) is 23.0 Å². The molecule has 160 valence electrons. The number of oxime groups is 1. The average molecular weight is 461 g/mol. The summed E-state index contributed by atoms with van der Waals surface area (Å²) in [4.78, 5) is 20.7. The summed E-state index contributed by atoms with van der Waals surface area (Å²) < 4.78 is 0. The summed E-state index contributed by atoms with van der Waals surface area (Å²) >= 11 is 7.59. The lowest BCUT2D eigenvalue weighted by Crippen LogP contribution is -2.15. The molecule has 0 N–H and O–H groups in total. The molecule has 4 aromatic rings. The van der Waals surface area contributed by atoms with Gasteiger partial charge in [-0.15, -0.1) is 11.3 Å². The molecule has 0 atom stereocenters. The highest BCUT2D eigenvalue weighted by Gasteiger charge is 2.20. The lowest BCUT2D eigenvalue weighted by Gasteiger charge is -2.17. The van der Waals surface area contributed by atoms with Gasteiger partial charge in [-0.2, -0.15) is 0 Å². The first kappa shape index (κ1) is 20.8. The van der Waals surface area contributed by atoms with E-state index < -0.39 is 0 Å². The zero-order valence-electron chi connectivity index (χ0n) is 17.6. The summed E-state index contributed by atoms with van der Waals surface area (Å²) in [6, 6.07) is 15.8. The highest BCUT2D eigenvalue weighted by atomic mass is 35.5. The fraction of sp³-hybridized carbons (Fsp3) is 0.200. The Morgan fingerprint density at radius 1 is 1.06 bits per heavy atom. The Kier molecular flexibility index (Phi) is 5.97. The van der Waals surface area contributed by atoms with Gasteiger partial charge in [0.1, 0.15) is 17.3 Å². The van der Waals surface area contributed by atoms with Gasteiger partial charge >= 0.3 is 0 Å². The molecule has 0 spiro atoms. The summed E-state index contributed by atoms with van der Waals surface area (Å²) in [5, 5.41) is 6.11. The van der Waals surface area contributed by atoms with Crippen LogP contribution in [0.5, 0.6) is 0 Å². The number of rotatable bonds is 5. The lowest BCUT2D eigenvalue weighted by atomic mass is 9.94. The van der Waals surface area contributed by atoms with Crippen molar-refractivity contribution < 1.29 is 4.84 Å². The number of aromatic nitrogens is 3. The van der Waals surface area contributed by atoms with Gasteiger partial charge in [0.15, 0.2) is 0 Å². The number of nitrogens with zero attached hydrogens (tertiary/aromatic N) is 4. The quantitative estimate of drug-likeness (QED) is 0.319. The van der Waals surface area contributed by atoms with Crippen LogP contribution in [0.15, 0.2) is 66.1 Å². The minimum absolute atomic E-state index is 0.401. The van der Waals surface area contributed by atoms with Crippen LogP contribution in [0.3, 0.4) is 0 Å². The monoisotopic (exact) mass is 460 g/mol. The molecule has 32 heavy (non-hydrogen) atoms. The number of benzene rings is 1. The predicted molar refractivity (Wildman–Crippen MR) is 129 cm³/mol. The molecular weight excluding hydrogens is 440 g/mol. The van der Waals surface area contributed by atoms with Crippen molar-refractivity contribution in [1.29, 1.82) is 0 Å². The first-order chi connectivity index (χ1) is 15.7. The molecule has 3 aromatic heterocycles. The first-order valence-corrected chi connectivity index (χ1v) is 11.7. The Morgan fingerprint density at radius 2 is 1.94 bits per heavy atom. The molecule has 1 aliphatic rings. The molecule has 5 nitrogen and oxygen atoms in total.